The fourth-order valence-electron chi connectivity index (χ4n) is 0.533. The Labute approximate surface area is 72.7 Å². The molecule has 0 amide bonds. The lowest BCUT2D eigenvalue weighted by molar-refractivity contribution is -0.126. The molecule has 0 saturated carbocycles. The van der Waals surface area contributed by atoms with Crippen molar-refractivity contribution in [2.45, 2.75) is 24.8 Å². The molecule has 0 fully saturated rings. The predicted molar refractivity (Wildman–Crippen MR) is 42.0 cm³/mol. The highest BCUT2D eigenvalue weighted by atomic mass is 79.9. The first-order valence-corrected chi connectivity index (χ1v) is 3.94. The largest absolute Gasteiger partial charge is 0.506 e. The summed E-state index contributed by atoms with van der Waals surface area (Å²) in [6.45, 7) is 3.01. The van der Waals surface area contributed by atoms with Crippen LogP contribution in [0.25, 0.3) is 0 Å². The van der Waals surface area contributed by atoms with Gasteiger partial charge in [-0.3, -0.25) is 4.79 Å². The second-order valence-electron chi connectivity index (χ2n) is 2.04. The number of alkyl halides is 1. The maximum Gasteiger partial charge on any atom is 0.506 e. The third-order valence-corrected chi connectivity index (χ3v) is 1.52. The summed E-state index contributed by atoms with van der Waals surface area (Å²) in [5.41, 5.74) is 0. The van der Waals surface area contributed by atoms with Crippen molar-refractivity contribution in [3.05, 3.63) is 0 Å². The van der Waals surface area contributed by atoms with Crippen molar-refractivity contribution in [2.75, 3.05) is 0 Å². The number of carbonyl (C=O) groups is 2. The zero-order valence-electron chi connectivity index (χ0n) is 6.20. The fraction of sp³-hybridized carbons (Fsp3) is 0.667. The molecule has 0 aliphatic carbocycles. The van der Waals surface area contributed by atoms with E-state index in [0.29, 0.717) is 0 Å². The minimum Gasteiger partial charge on any atom is -0.450 e. The van der Waals surface area contributed by atoms with Crippen LogP contribution in [0.2, 0.25) is 0 Å². The Kier molecular flexibility index (Phi) is 4.10. The number of carboxylic acid groups (broad SMARTS) is 1. The van der Waals surface area contributed by atoms with Gasteiger partial charge in [-0.25, -0.2) is 4.79 Å². The van der Waals surface area contributed by atoms with Gasteiger partial charge in [0.25, 0.3) is 0 Å². The Balaban J connectivity index is 3.93. The monoisotopic (exact) mass is 224 g/mol. The summed E-state index contributed by atoms with van der Waals surface area (Å²) < 4.78 is 4.21. The van der Waals surface area contributed by atoms with Gasteiger partial charge < -0.3 is 9.84 Å². The maximum atomic E-state index is 10.9. The Hall–Kier alpha value is -0.580. The Morgan fingerprint density at radius 2 is 1.91 bits per heavy atom. The van der Waals surface area contributed by atoms with E-state index in [2.05, 4.69) is 20.7 Å². The molecular formula is C6H9BrO4. The van der Waals surface area contributed by atoms with E-state index in [4.69, 9.17) is 5.11 Å². The molecule has 0 aliphatic rings. The molecule has 0 rings (SSSR count). The molecule has 2 atom stereocenters. The minimum absolute atomic E-state index is 0.285. The van der Waals surface area contributed by atoms with E-state index in [-0.39, 0.29) is 10.6 Å². The number of carbonyl (C=O) groups excluding carboxylic acids is 1. The van der Waals surface area contributed by atoms with Crippen molar-refractivity contribution in [3.63, 3.8) is 0 Å². The van der Waals surface area contributed by atoms with Crippen LogP contribution in [0, 0.1) is 0 Å². The van der Waals surface area contributed by atoms with Crippen molar-refractivity contribution in [1.29, 1.82) is 0 Å². The van der Waals surface area contributed by atoms with Gasteiger partial charge >= 0.3 is 6.16 Å². The van der Waals surface area contributed by atoms with E-state index in [0.717, 1.165) is 0 Å². The van der Waals surface area contributed by atoms with Crippen LogP contribution >= 0.6 is 15.9 Å². The van der Waals surface area contributed by atoms with Crippen LogP contribution in [-0.4, -0.2) is 28.0 Å². The molecule has 2 unspecified atom stereocenters. The molecule has 0 radical (unpaired) electrons. The third kappa shape index (κ3) is 3.98. The number of hydrogen-bond donors (Lipinski definition) is 1. The van der Waals surface area contributed by atoms with Crippen molar-refractivity contribution >= 4 is 27.9 Å². The summed E-state index contributed by atoms with van der Waals surface area (Å²) in [6, 6.07) is 0. The molecule has 0 aromatic carbocycles. The van der Waals surface area contributed by atoms with Crippen LogP contribution in [0.15, 0.2) is 0 Å². The Morgan fingerprint density at radius 1 is 1.45 bits per heavy atom. The van der Waals surface area contributed by atoms with E-state index in [1.165, 1.54) is 6.92 Å². The van der Waals surface area contributed by atoms with Crippen molar-refractivity contribution in [1.82, 2.24) is 0 Å². The topological polar surface area (TPSA) is 63.6 Å². The third-order valence-electron chi connectivity index (χ3n) is 1.07. The standard InChI is InChI=1S/C6H9BrO4/c1-3(7)5(8)4(2)11-6(9)10/h3-4H,1-2H3,(H,9,10). The summed E-state index contributed by atoms with van der Waals surface area (Å²) in [7, 11) is 0. The molecule has 4 nitrogen and oxygen atoms in total. The molecule has 5 heteroatoms. The molecular weight excluding hydrogens is 216 g/mol. The van der Waals surface area contributed by atoms with E-state index in [1.54, 1.807) is 6.92 Å². The fourth-order valence-corrected chi connectivity index (χ4v) is 0.905. The number of hydrogen-bond acceptors (Lipinski definition) is 3. The highest BCUT2D eigenvalue weighted by Crippen LogP contribution is 2.05. The lowest BCUT2D eigenvalue weighted by Crippen LogP contribution is -2.28. The van der Waals surface area contributed by atoms with Gasteiger partial charge in [-0.1, -0.05) is 15.9 Å². The normalized spacial score (nSPS) is 15.2. The van der Waals surface area contributed by atoms with Gasteiger partial charge in [0, 0.05) is 0 Å². The average Bonchev–Trinajstić information content (AvgIpc) is 1.84. The van der Waals surface area contributed by atoms with E-state index in [1.807, 2.05) is 0 Å². The van der Waals surface area contributed by atoms with Gasteiger partial charge in [0.05, 0.1) is 4.83 Å². The van der Waals surface area contributed by atoms with Crippen LogP contribution in [-0.2, 0) is 9.53 Å². The SMILES string of the molecule is CC(Br)C(=O)C(C)OC(=O)O. The van der Waals surface area contributed by atoms with Gasteiger partial charge in [-0.05, 0) is 13.8 Å². The van der Waals surface area contributed by atoms with Gasteiger partial charge in [-0.2, -0.15) is 0 Å². The lowest BCUT2D eigenvalue weighted by atomic mass is 10.2. The maximum absolute atomic E-state index is 10.9. The predicted octanol–water partition coefficient (Wildman–Crippen LogP) is 1.42. The number of rotatable bonds is 3. The molecule has 0 bridgehead atoms. The first-order chi connectivity index (χ1) is 4.95. The van der Waals surface area contributed by atoms with Crippen LogP contribution in [0.1, 0.15) is 13.8 Å². The van der Waals surface area contributed by atoms with Crippen molar-refractivity contribution < 1.29 is 19.4 Å². The highest BCUT2D eigenvalue weighted by molar-refractivity contribution is 9.10. The Morgan fingerprint density at radius 3 is 2.18 bits per heavy atom. The van der Waals surface area contributed by atoms with E-state index < -0.39 is 12.3 Å². The first kappa shape index (κ1) is 10.4. The second kappa shape index (κ2) is 4.33. The van der Waals surface area contributed by atoms with Crippen LogP contribution in [0.3, 0.4) is 0 Å². The lowest BCUT2D eigenvalue weighted by Gasteiger charge is -2.09. The second-order valence-corrected chi connectivity index (χ2v) is 3.42. The molecule has 0 aliphatic heterocycles. The molecule has 1 N–H and O–H groups in total. The molecule has 64 valence electrons. The van der Waals surface area contributed by atoms with E-state index in [9.17, 15) is 9.59 Å². The zero-order chi connectivity index (χ0) is 9.02. The van der Waals surface area contributed by atoms with Gasteiger partial charge in [0.1, 0.15) is 0 Å². The molecule has 0 heterocycles. The summed E-state index contributed by atoms with van der Waals surface area (Å²) in [5.74, 6) is -0.285. The van der Waals surface area contributed by atoms with Crippen molar-refractivity contribution in [2.24, 2.45) is 0 Å². The minimum atomic E-state index is -1.43. The van der Waals surface area contributed by atoms with Gasteiger partial charge in [0.15, 0.2) is 11.9 Å². The average molecular weight is 225 g/mol. The summed E-state index contributed by atoms with van der Waals surface area (Å²) in [4.78, 5) is 20.5. The number of halogens is 1. The number of ketones is 1. The number of ether oxygens (including phenoxy) is 1. The molecule has 0 spiro atoms. The molecule has 0 aromatic rings. The van der Waals surface area contributed by atoms with E-state index >= 15 is 0 Å². The summed E-state index contributed by atoms with van der Waals surface area (Å²) in [6.07, 6.45) is -2.33. The molecule has 0 saturated heterocycles. The summed E-state index contributed by atoms with van der Waals surface area (Å²) in [5, 5.41) is 8.12. The quantitative estimate of drug-likeness (QED) is 0.582. The molecule has 11 heavy (non-hydrogen) atoms. The smallest absolute Gasteiger partial charge is 0.450 e. The highest BCUT2D eigenvalue weighted by Gasteiger charge is 2.20. The van der Waals surface area contributed by atoms with Crippen LogP contribution in [0.4, 0.5) is 4.79 Å². The van der Waals surface area contributed by atoms with Gasteiger partial charge in [0.2, 0.25) is 0 Å². The molecule has 0 aromatic heterocycles. The summed E-state index contributed by atoms with van der Waals surface area (Å²) >= 11 is 3.01. The van der Waals surface area contributed by atoms with Crippen molar-refractivity contribution in [3.8, 4) is 0 Å². The Bertz CT molecular complexity index is 166. The zero-order valence-corrected chi connectivity index (χ0v) is 7.79. The van der Waals surface area contributed by atoms with Crippen LogP contribution < -0.4 is 0 Å². The van der Waals surface area contributed by atoms with Crippen LogP contribution in [0.5, 0.6) is 0 Å². The first-order valence-electron chi connectivity index (χ1n) is 3.02. The number of Topliss-reactive ketones (excluding diaryl/α,β-unsaturated/α-hetero) is 1. The van der Waals surface area contributed by atoms with Gasteiger partial charge in [-0.15, -0.1) is 0 Å².